The molecule has 1 aromatic carbocycles. The second-order valence-corrected chi connectivity index (χ2v) is 5.16. The number of para-hydroxylation sites is 1. The Kier molecular flexibility index (Phi) is 3.60. The van der Waals surface area contributed by atoms with Gasteiger partial charge in [0.1, 0.15) is 5.75 Å². The highest BCUT2D eigenvalue weighted by Gasteiger charge is 2.19. The second-order valence-electron chi connectivity index (χ2n) is 5.16. The van der Waals surface area contributed by atoms with E-state index in [1.165, 1.54) is 0 Å². The van der Waals surface area contributed by atoms with E-state index >= 15 is 0 Å². The Balaban J connectivity index is 1.83. The average molecular weight is 272 g/mol. The molecular formula is C15H20N4O. The summed E-state index contributed by atoms with van der Waals surface area (Å²) in [5, 5.41) is 7.52. The van der Waals surface area contributed by atoms with Gasteiger partial charge in [-0.3, -0.25) is 5.10 Å². The molecule has 3 N–H and O–H groups in total. The van der Waals surface area contributed by atoms with Crippen LogP contribution in [0, 0.1) is 0 Å². The van der Waals surface area contributed by atoms with Crippen molar-refractivity contribution in [3.63, 3.8) is 0 Å². The number of methoxy groups -OCH3 is 1. The third kappa shape index (κ3) is 2.49. The van der Waals surface area contributed by atoms with E-state index in [4.69, 9.17) is 10.5 Å². The Hall–Kier alpha value is -2.01. The van der Waals surface area contributed by atoms with Crippen LogP contribution < -0.4 is 15.4 Å². The van der Waals surface area contributed by atoms with Crippen LogP contribution in [0.5, 0.6) is 5.75 Å². The average Bonchev–Trinajstić information content (AvgIpc) is 2.97. The minimum Gasteiger partial charge on any atom is -0.496 e. The molecule has 0 unspecified atom stereocenters. The standard InChI is InChI=1S/C15H20N4O/c1-20-14-5-3-2-4-12(14)13-10-15(18-17-13)19-8-6-11(16)7-9-19/h2-5,10-11H,6-9,16H2,1H3,(H,17,18). The first kappa shape index (κ1) is 13.0. The molecule has 0 aliphatic carbocycles. The van der Waals surface area contributed by atoms with E-state index in [1.807, 2.05) is 24.3 Å². The van der Waals surface area contributed by atoms with Gasteiger partial charge in [-0.05, 0) is 25.0 Å². The molecule has 0 radical (unpaired) electrons. The summed E-state index contributed by atoms with van der Waals surface area (Å²) in [6.45, 7) is 1.94. The first-order valence-electron chi connectivity index (χ1n) is 6.97. The first-order chi connectivity index (χ1) is 9.78. The second kappa shape index (κ2) is 5.54. The van der Waals surface area contributed by atoms with E-state index < -0.39 is 0 Å². The van der Waals surface area contributed by atoms with E-state index in [1.54, 1.807) is 7.11 Å². The normalized spacial score (nSPS) is 16.4. The van der Waals surface area contributed by atoms with E-state index in [0.717, 1.165) is 48.8 Å². The smallest absolute Gasteiger partial charge is 0.150 e. The van der Waals surface area contributed by atoms with Crippen LogP contribution in [0.2, 0.25) is 0 Å². The zero-order valence-electron chi connectivity index (χ0n) is 11.7. The van der Waals surface area contributed by atoms with Crippen LogP contribution in [0.1, 0.15) is 12.8 Å². The zero-order chi connectivity index (χ0) is 13.9. The van der Waals surface area contributed by atoms with E-state index in [-0.39, 0.29) is 0 Å². The number of anilines is 1. The van der Waals surface area contributed by atoms with Crippen LogP contribution in [0.3, 0.4) is 0 Å². The number of H-pyrrole nitrogens is 1. The first-order valence-corrected chi connectivity index (χ1v) is 6.97. The largest absolute Gasteiger partial charge is 0.496 e. The molecule has 1 saturated heterocycles. The van der Waals surface area contributed by atoms with Crippen LogP contribution in [-0.2, 0) is 0 Å². The van der Waals surface area contributed by atoms with Gasteiger partial charge in [-0.25, -0.2) is 0 Å². The number of nitrogens with zero attached hydrogens (tertiary/aromatic N) is 2. The maximum absolute atomic E-state index is 5.94. The van der Waals surface area contributed by atoms with Gasteiger partial charge >= 0.3 is 0 Å². The predicted octanol–water partition coefficient (Wildman–Crippen LogP) is 2.01. The molecule has 5 nitrogen and oxygen atoms in total. The summed E-state index contributed by atoms with van der Waals surface area (Å²) < 4.78 is 5.39. The third-order valence-electron chi connectivity index (χ3n) is 3.83. The van der Waals surface area contributed by atoms with Crippen molar-refractivity contribution in [1.82, 2.24) is 10.2 Å². The van der Waals surface area contributed by atoms with Crippen LogP contribution >= 0.6 is 0 Å². The number of hydrogen-bond donors (Lipinski definition) is 2. The van der Waals surface area contributed by atoms with Gasteiger partial charge in [0.15, 0.2) is 5.82 Å². The van der Waals surface area contributed by atoms with Crippen molar-refractivity contribution in [2.24, 2.45) is 5.73 Å². The molecule has 106 valence electrons. The maximum Gasteiger partial charge on any atom is 0.150 e. The monoisotopic (exact) mass is 272 g/mol. The molecule has 0 saturated carbocycles. The maximum atomic E-state index is 5.94. The number of piperidine rings is 1. The lowest BCUT2D eigenvalue weighted by molar-refractivity contribution is 0.416. The van der Waals surface area contributed by atoms with Gasteiger partial charge in [0.2, 0.25) is 0 Å². The van der Waals surface area contributed by atoms with E-state index in [0.29, 0.717) is 6.04 Å². The highest BCUT2D eigenvalue weighted by Crippen LogP contribution is 2.30. The quantitative estimate of drug-likeness (QED) is 0.897. The number of nitrogens with two attached hydrogens (primary N) is 1. The molecule has 0 bridgehead atoms. The summed E-state index contributed by atoms with van der Waals surface area (Å²) >= 11 is 0. The van der Waals surface area contributed by atoms with E-state index in [9.17, 15) is 0 Å². The van der Waals surface area contributed by atoms with Crippen LogP contribution in [0.15, 0.2) is 30.3 Å². The molecule has 2 heterocycles. The van der Waals surface area contributed by atoms with Crippen LogP contribution in [0.25, 0.3) is 11.3 Å². The van der Waals surface area contributed by atoms with Gasteiger partial charge in [0, 0.05) is 30.8 Å². The van der Waals surface area contributed by atoms with Gasteiger partial charge in [-0.1, -0.05) is 12.1 Å². The molecule has 3 rings (SSSR count). The van der Waals surface area contributed by atoms with Crippen LogP contribution in [-0.4, -0.2) is 36.4 Å². The Morgan fingerprint density at radius 3 is 2.80 bits per heavy atom. The lowest BCUT2D eigenvalue weighted by Crippen LogP contribution is -2.39. The molecule has 0 amide bonds. The Morgan fingerprint density at radius 2 is 2.05 bits per heavy atom. The fourth-order valence-corrected chi connectivity index (χ4v) is 2.61. The van der Waals surface area contributed by atoms with Crippen molar-refractivity contribution in [1.29, 1.82) is 0 Å². The molecular weight excluding hydrogens is 252 g/mol. The highest BCUT2D eigenvalue weighted by molar-refractivity contribution is 5.69. The molecule has 20 heavy (non-hydrogen) atoms. The number of rotatable bonds is 3. The molecule has 1 aliphatic rings. The predicted molar refractivity (Wildman–Crippen MR) is 80.0 cm³/mol. The summed E-state index contributed by atoms with van der Waals surface area (Å²) in [6.07, 6.45) is 2.05. The lowest BCUT2D eigenvalue weighted by atomic mass is 10.1. The Morgan fingerprint density at radius 1 is 1.30 bits per heavy atom. The van der Waals surface area contributed by atoms with Crippen molar-refractivity contribution >= 4 is 5.82 Å². The van der Waals surface area contributed by atoms with Gasteiger partial charge in [-0.15, -0.1) is 0 Å². The number of aromatic nitrogens is 2. The molecule has 0 atom stereocenters. The number of aromatic amines is 1. The molecule has 1 aromatic heterocycles. The topological polar surface area (TPSA) is 67.2 Å². The molecule has 1 aliphatic heterocycles. The minimum absolute atomic E-state index is 0.332. The molecule has 2 aromatic rings. The summed E-state index contributed by atoms with van der Waals surface area (Å²) in [5.41, 5.74) is 7.95. The fraction of sp³-hybridized carbons (Fsp3) is 0.400. The summed E-state index contributed by atoms with van der Waals surface area (Å²) in [5.74, 6) is 1.83. The fourth-order valence-electron chi connectivity index (χ4n) is 2.61. The Bertz CT molecular complexity index is 573. The SMILES string of the molecule is COc1ccccc1-c1cc(N2CCC(N)CC2)n[nH]1. The Labute approximate surface area is 118 Å². The highest BCUT2D eigenvalue weighted by atomic mass is 16.5. The summed E-state index contributed by atoms with van der Waals surface area (Å²) in [4.78, 5) is 2.28. The summed E-state index contributed by atoms with van der Waals surface area (Å²) in [7, 11) is 1.68. The van der Waals surface area contributed by atoms with Crippen molar-refractivity contribution in [2.75, 3.05) is 25.1 Å². The molecule has 0 spiro atoms. The van der Waals surface area contributed by atoms with Crippen molar-refractivity contribution < 1.29 is 4.74 Å². The summed E-state index contributed by atoms with van der Waals surface area (Å²) in [6, 6.07) is 10.4. The minimum atomic E-state index is 0.332. The number of ether oxygens (including phenoxy) is 1. The van der Waals surface area contributed by atoms with Gasteiger partial charge < -0.3 is 15.4 Å². The van der Waals surface area contributed by atoms with Crippen LogP contribution in [0.4, 0.5) is 5.82 Å². The van der Waals surface area contributed by atoms with Crippen molar-refractivity contribution in [3.05, 3.63) is 30.3 Å². The number of hydrogen-bond acceptors (Lipinski definition) is 4. The molecule has 1 fully saturated rings. The number of benzene rings is 1. The zero-order valence-corrected chi connectivity index (χ0v) is 11.7. The molecule has 5 heteroatoms. The van der Waals surface area contributed by atoms with Gasteiger partial charge in [-0.2, -0.15) is 5.10 Å². The number of nitrogens with one attached hydrogen (secondary N) is 1. The van der Waals surface area contributed by atoms with Gasteiger partial charge in [0.05, 0.1) is 12.8 Å². The van der Waals surface area contributed by atoms with Gasteiger partial charge in [0.25, 0.3) is 0 Å². The lowest BCUT2D eigenvalue weighted by Gasteiger charge is -2.29. The van der Waals surface area contributed by atoms with E-state index in [2.05, 4.69) is 21.2 Å². The van der Waals surface area contributed by atoms with Crippen molar-refractivity contribution in [2.45, 2.75) is 18.9 Å². The van der Waals surface area contributed by atoms with Crippen molar-refractivity contribution in [3.8, 4) is 17.0 Å². The third-order valence-corrected chi connectivity index (χ3v) is 3.83.